The molecule has 0 aliphatic rings. The van der Waals surface area contributed by atoms with E-state index in [-0.39, 0.29) is 5.82 Å². The van der Waals surface area contributed by atoms with Gasteiger partial charge >= 0.3 is 0 Å². The largest absolute Gasteiger partial charge is 0.396 e. The number of hydrogen-bond acceptors (Lipinski definition) is 4. The number of benzene rings is 2. The Morgan fingerprint density at radius 1 is 1.04 bits per heavy atom. The van der Waals surface area contributed by atoms with Gasteiger partial charge in [-0.1, -0.05) is 24.3 Å². The number of nitrogens with two attached hydrogens (primary N) is 1. The number of para-hydroxylation sites is 1. The van der Waals surface area contributed by atoms with Crippen molar-refractivity contribution in [2.45, 2.75) is 0 Å². The van der Waals surface area contributed by atoms with Gasteiger partial charge in [0.1, 0.15) is 5.82 Å². The molecule has 0 atom stereocenters. The first-order valence-electron chi connectivity index (χ1n) is 7.00. The highest BCUT2D eigenvalue weighted by atomic mass is 19.1. The second-order valence-electron chi connectivity index (χ2n) is 4.96. The van der Waals surface area contributed by atoms with E-state index in [0.29, 0.717) is 22.8 Å². The monoisotopic (exact) mass is 307 g/mol. The van der Waals surface area contributed by atoms with Gasteiger partial charge in [-0.15, -0.1) is 0 Å². The van der Waals surface area contributed by atoms with Crippen molar-refractivity contribution in [3.63, 3.8) is 0 Å². The lowest BCUT2D eigenvalue weighted by molar-refractivity contribution is 0.112. The van der Waals surface area contributed by atoms with Crippen LogP contribution in [0.2, 0.25) is 0 Å². The minimum Gasteiger partial charge on any atom is -0.396 e. The summed E-state index contributed by atoms with van der Waals surface area (Å²) in [5, 5.41) is 3.11. The summed E-state index contributed by atoms with van der Waals surface area (Å²) < 4.78 is 13.1. The first-order chi connectivity index (χ1) is 11.2. The van der Waals surface area contributed by atoms with Gasteiger partial charge < -0.3 is 11.1 Å². The van der Waals surface area contributed by atoms with Crippen LogP contribution in [0.5, 0.6) is 0 Å². The van der Waals surface area contributed by atoms with E-state index in [9.17, 15) is 9.18 Å². The molecule has 0 spiro atoms. The number of pyridine rings is 1. The Bertz CT molecular complexity index is 847. The third-order valence-corrected chi connectivity index (χ3v) is 3.46. The van der Waals surface area contributed by atoms with E-state index < -0.39 is 0 Å². The maximum Gasteiger partial charge on any atom is 0.153 e. The molecule has 3 N–H and O–H groups in total. The molecule has 0 bridgehead atoms. The zero-order valence-electron chi connectivity index (χ0n) is 12.2. The van der Waals surface area contributed by atoms with E-state index in [1.807, 2.05) is 6.07 Å². The summed E-state index contributed by atoms with van der Waals surface area (Å²) in [5.41, 5.74) is 8.98. The molecule has 0 saturated heterocycles. The number of aldehydes is 1. The molecule has 0 unspecified atom stereocenters. The molecule has 0 radical (unpaired) electrons. The van der Waals surface area contributed by atoms with E-state index in [1.165, 1.54) is 12.1 Å². The molecule has 3 rings (SSSR count). The van der Waals surface area contributed by atoms with Gasteiger partial charge in [0.15, 0.2) is 12.1 Å². The third-order valence-electron chi connectivity index (χ3n) is 3.46. The van der Waals surface area contributed by atoms with Crippen molar-refractivity contribution in [1.29, 1.82) is 0 Å². The minimum atomic E-state index is -0.316. The molecule has 0 aliphatic carbocycles. The van der Waals surface area contributed by atoms with Crippen molar-refractivity contribution in [1.82, 2.24) is 4.98 Å². The topological polar surface area (TPSA) is 68.0 Å². The number of nitrogens with zero attached hydrogens (tertiary/aromatic N) is 1. The van der Waals surface area contributed by atoms with Crippen LogP contribution in [0.3, 0.4) is 0 Å². The maximum atomic E-state index is 13.1. The summed E-state index contributed by atoms with van der Waals surface area (Å²) in [6, 6.07) is 14.8. The number of halogens is 1. The van der Waals surface area contributed by atoms with E-state index in [4.69, 9.17) is 5.73 Å². The molecule has 114 valence electrons. The number of nitrogens with one attached hydrogen (secondary N) is 1. The van der Waals surface area contributed by atoms with Gasteiger partial charge in [-0.25, -0.2) is 9.37 Å². The molecule has 1 aromatic heterocycles. The predicted octanol–water partition coefficient (Wildman–Crippen LogP) is 4.03. The van der Waals surface area contributed by atoms with Crippen molar-refractivity contribution in [3.05, 3.63) is 72.2 Å². The molecule has 0 amide bonds. The number of nitrogen functional groups attached to an aromatic ring is 1. The van der Waals surface area contributed by atoms with Gasteiger partial charge in [-0.2, -0.15) is 0 Å². The van der Waals surface area contributed by atoms with Gasteiger partial charge in [0.2, 0.25) is 0 Å². The zero-order valence-corrected chi connectivity index (χ0v) is 12.2. The molecule has 4 nitrogen and oxygen atoms in total. The van der Waals surface area contributed by atoms with E-state index >= 15 is 0 Å². The maximum absolute atomic E-state index is 13.1. The van der Waals surface area contributed by atoms with Crippen LogP contribution < -0.4 is 11.1 Å². The van der Waals surface area contributed by atoms with Crippen LogP contribution in [0, 0.1) is 5.82 Å². The van der Waals surface area contributed by atoms with Crippen molar-refractivity contribution in [3.8, 4) is 11.1 Å². The Morgan fingerprint density at radius 3 is 2.52 bits per heavy atom. The molecule has 0 aliphatic heterocycles. The lowest BCUT2D eigenvalue weighted by Crippen LogP contribution is -2.02. The molecule has 0 fully saturated rings. The molecule has 23 heavy (non-hydrogen) atoms. The van der Waals surface area contributed by atoms with Crippen LogP contribution in [0.15, 0.2) is 60.8 Å². The highest BCUT2D eigenvalue weighted by Gasteiger charge is 2.12. The first-order valence-corrected chi connectivity index (χ1v) is 7.00. The van der Waals surface area contributed by atoms with Gasteiger partial charge in [0, 0.05) is 17.3 Å². The standard InChI is InChI=1S/C18H14FN3O/c19-14-8-6-12(7-9-14)15-4-1-3-13(11-23)17(15)22-18-16(20)5-2-10-21-18/h1-11H,20H2,(H,21,22). The third kappa shape index (κ3) is 3.03. The average Bonchev–Trinajstić information content (AvgIpc) is 2.58. The lowest BCUT2D eigenvalue weighted by Gasteiger charge is -2.15. The highest BCUT2D eigenvalue weighted by molar-refractivity contribution is 5.94. The van der Waals surface area contributed by atoms with E-state index in [0.717, 1.165) is 17.4 Å². The van der Waals surface area contributed by atoms with E-state index in [1.54, 1.807) is 42.6 Å². The van der Waals surface area contributed by atoms with Crippen molar-refractivity contribution < 1.29 is 9.18 Å². The quantitative estimate of drug-likeness (QED) is 0.714. The SMILES string of the molecule is Nc1cccnc1Nc1c(C=O)cccc1-c1ccc(F)cc1. The zero-order chi connectivity index (χ0) is 16.2. The van der Waals surface area contributed by atoms with Crippen LogP contribution in [0.25, 0.3) is 11.1 Å². The smallest absolute Gasteiger partial charge is 0.153 e. The molecule has 0 saturated carbocycles. The fraction of sp³-hybridized carbons (Fsp3) is 0. The van der Waals surface area contributed by atoms with Gasteiger partial charge in [-0.3, -0.25) is 4.79 Å². The van der Waals surface area contributed by atoms with Crippen molar-refractivity contribution in [2.75, 3.05) is 11.1 Å². The normalized spacial score (nSPS) is 10.3. The molecule has 5 heteroatoms. The van der Waals surface area contributed by atoms with E-state index in [2.05, 4.69) is 10.3 Å². The second kappa shape index (κ2) is 6.27. The second-order valence-corrected chi connectivity index (χ2v) is 4.96. The number of carbonyl (C=O) groups excluding carboxylic acids is 1. The number of anilines is 3. The summed E-state index contributed by atoms with van der Waals surface area (Å²) in [6.45, 7) is 0. The fourth-order valence-corrected chi connectivity index (χ4v) is 2.32. The van der Waals surface area contributed by atoms with Crippen molar-refractivity contribution in [2.24, 2.45) is 0 Å². The highest BCUT2D eigenvalue weighted by Crippen LogP contribution is 2.33. The lowest BCUT2D eigenvalue weighted by atomic mass is 10.00. The molecular formula is C18H14FN3O. The molecule has 2 aromatic carbocycles. The Kier molecular flexibility index (Phi) is 4.01. The summed E-state index contributed by atoms with van der Waals surface area (Å²) in [4.78, 5) is 15.6. The van der Waals surface area contributed by atoms with Gasteiger partial charge in [0.05, 0.1) is 11.4 Å². The number of aromatic nitrogens is 1. The Morgan fingerprint density at radius 2 is 1.83 bits per heavy atom. The average molecular weight is 307 g/mol. The Hall–Kier alpha value is -3.21. The molecule has 1 heterocycles. The summed E-state index contributed by atoms with van der Waals surface area (Å²) in [7, 11) is 0. The van der Waals surface area contributed by atoms with Gasteiger partial charge in [-0.05, 0) is 35.9 Å². The molecular weight excluding hydrogens is 293 g/mol. The Balaban J connectivity index is 2.12. The Labute approximate surface area is 132 Å². The summed E-state index contributed by atoms with van der Waals surface area (Å²) >= 11 is 0. The van der Waals surface area contributed by atoms with Crippen LogP contribution in [-0.2, 0) is 0 Å². The summed E-state index contributed by atoms with van der Waals surface area (Å²) in [6.07, 6.45) is 2.37. The fourth-order valence-electron chi connectivity index (χ4n) is 2.32. The minimum absolute atomic E-state index is 0.316. The number of hydrogen-bond donors (Lipinski definition) is 2. The first kappa shape index (κ1) is 14.7. The van der Waals surface area contributed by atoms with Crippen molar-refractivity contribution >= 4 is 23.5 Å². The van der Waals surface area contributed by atoms with Crippen LogP contribution in [0.4, 0.5) is 21.6 Å². The van der Waals surface area contributed by atoms with Crippen LogP contribution in [0.1, 0.15) is 10.4 Å². The van der Waals surface area contributed by atoms with Crippen LogP contribution >= 0.6 is 0 Å². The molecule has 3 aromatic rings. The van der Waals surface area contributed by atoms with Gasteiger partial charge in [0.25, 0.3) is 0 Å². The number of carbonyl (C=O) groups is 1. The predicted molar refractivity (Wildman–Crippen MR) is 89.2 cm³/mol. The summed E-state index contributed by atoms with van der Waals surface area (Å²) in [5.74, 6) is 0.147. The number of rotatable bonds is 4. The van der Waals surface area contributed by atoms with Crippen LogP contribution in [-0.4, -0.2) is 11.3 Å².